The van der Waals surface area contributed by atoms with Crippen LogP contribution in [0.1, 0.15) is 46.4 Å². The highest BCUT2D eigenvalue weighted by atomic mass is 16.2. The van der Waals surface area contributed by atoms with Crippen molar-refractivity contribution in [2.45, 2.75) is 37.8 Å². The lowest BCUT2D eigenvalue weighted by Crippen LogP contribution is -2.40. The molecule has 0 atom stereocenters. The first-order valence-corrected chi connectivity index (χ1v) is 14.4. The van der Waals surface area contributed by atoms with E-state index >= 15 is 0 Å². The summed E-state index contributed by atoms with van der Waals surface area (Å²) in [4.78, 5) is 38.2. The van der Waals surface area contributed by atoms with Gasteiger partial charge in [-0.25, -0.2) is 4.98 Å². The molecule has 6 rings (SSSR count). The molecule has 4 aromatic carbocycles. The molecule has 0 bridgehead atoms. The number of hydrogen-bond acceptors (Lipinski definition) is 6. The Balaban J connectivity index is 1.09. The highest BCUT2D eigenvalue weighted by Gasteiger charge is 2.25. The number of aromatic nitrogens is 2. The Morgan fingerprint density at radius 2 is 1.31 bits per heavy atom. The van der Waals surface area contributed by atoms with Gasteiger partial charge >= 0.3 is 0 Å². The summed E-state index contributed by atoms with van der Waals surface area (Å²) in [6.07, 6.45) is 3.40. The summed E-state index contributed by atoms with van der Waals surface area (Å²) in [5.74, 6) is 0.962. The molecule has 5 aromatic rings. The predicted molar refractivity (Wildman–Crippen MR) is 169 cm³/mol. The van der Waals surface area contributed by atoms with Gasteiger partial charge in [-0.2, -0.15) is 4.98 Å². The van der Waals surface area contributed by atoms with E-state index in [-0.39, 0.29) is 23.9 Å². The Morgan fingerprint density at radius 3 is 2.07 bits per heavy atom. The van der Waals surface area contributed by atoms with Gasteiger partial charge in [0.25, 0.3) is 11.8 Å². The fraction of sp³-hybridized carbons (Fsp3) is 0.235. The number of amides is 2. The van der Waals surface area contributed by atoms with Gasteiger partial charge in [-0.1, -0.05) is 60.7 Å². The van der Waals surface area contributed by atoms with Crippen molar-refractivity contribution in [3.8, 4) is 0 Å². The van der Waals surface area contributed by atoms with Crippen LogP contribution in [0.5, 0.6) is 0 Å². The van der Waals surface area contributed by atoms with Gasteiger partial charge in [0.1, 0.15) is 5.82 Å². The molecule has 212 valence electrons. The van der Waals surface area contributed by atoms with Crippen molar-refractivity contribution in [2.75, 3.05) is 29.6 Å². The Morgan fingerprint density at radius 1 is 0.690 bits per heavy atom. The van der Waals surface area contributed by atoms with Gasteiger partial charge in [0.15, 0.2) is 0 Å². The zero-order chi connectivity index (χ0) is 29.1. The van der Waals surface area contributed by atoms with Gasteiger partial charge in [-0.05, 0) is 61.4 Å². The van der Waals surface area contributed by atoms with Crippen LogP contribution in [0.25, 0.3) is 21.7 Å². The third kappa shape index (κ3) is 5.74. The molecule has 1 aliphatic carbocycles. The highest BCUT2D eigenvalue weighted by Crippen LogP contribution is 2.27. The van der Waals surface area contributed by atoms with Gasteiger partial charge in [0.05, 0.1) is 16.6 Å². The van der Waals surface area contributed by atoms with E-state index in [1.807, 2.05) is 85.7 Å². The molecular formula is C34H34N6O2. The number of carbonyl (C=O) groups excluding carboxylic acids is 2. The molecule has 1 saturated carbocycles. The number of fused-ring (bicyclic) bond motifs is 2. The maximum Gasteiger partial charge on any atom is 0.256 e. The molecule has 1 aromatic heterocycles. The summed E-state index contributed by atoms with van der Waals surface area (Å²) in [5, 5.41) is 12.7. The Bertz CT molecular complexity index is 1760. The largest absolute Gasteiger partial charge is 0.362 e. The number of rotatable bonds is 7. The molecule has 8 nitrogen and oxygen atoms in total. The summed E-state index contributed by atoms with van der Waals surface area (Å²) < 4.78 is 0. The molecule has 8 heteroatoms. The summed E-state index contributed by atoms with van der Waals surface area (Å²) in [6.45, 7) is 0. The number of hydrogen-bond donors (Lipinski definition) is 3. The summed E-state index contributed by atoms with van der Waals surface area (Å²) in [6, 6.07) is 28.9. The standard InChI is InChI=1S/C34H34N6O2/c1-40(2)31-28-15-7-8-16-30(28)38-34(39-31)36-24-20-18-23(19-21-24)35-32(41)26-13-5-6-14-27(26)33(42)37-29-17-9-11-22-10-3-4-12-25(22)29/h3-17,23-24H,18-21H2,1-2H3,(H,35,41)(H,37,42)(H,36,38,39)/t23-,24+. The Kier molecular flexibility index (Phi) is 7.68. The highest BCUT2D eigenvalue weighted by molar-refractivity contribution is 6.14. The first kappa shape index (κ1) is 27.2. The van der Waals surface area contributed by atoms with E-state index in [9.17, 15) is 9.59 Å². The average molecular weight is 559 g/mol. The molecule has 1 aliphatic rings. The van der Waals surface area contributed by atoms with E-state index in [2.05, 4.69) is 16.0 Å². The summed E-state index contributed by atoms with van der Waals surface area (Å²) >= 11 is 0. The summed E-state index contributed by atoms with van der Waals surface area (Å²) in [7, 11) is 3.97. The lowest BCUT2D eigenvalue weighted by Gasteiger charge is -2.30. The van der Waals surface area contributed by atoms with Gasteiger partial charge in [0.2, 0.25) is 5.95 Å². The number of para-hydroxylation sites is 1. The molecule has 42 heavy (non-hydrogen) atoms. The maximum absolute atomic E-state index is 13.4. The second kappa shape index (κ2) is 11.9. The third-order valence-electron chi connectivity index (χ3n) is 7.86. The van der Waals surface area contributed by atoms with Gasteiger partial charge in [0, 0.05) is 42.6 Å². The van der Waals surface area contributed by atoms with Crippen molar-refractivity contribution in [2.24, 2.45) is 0 Å². The van der Waals surface area contributed by atoms with Gasteiger partial charge in [-0.15, -0.1) is 0 Å². The van der Waals surface area contributed by atoms with Crippen LogP contribution in [0, 0.1) is 0 Å². The van der Waals surface area contributed by atoms with E-state index < -0.39 is 0 Å². The van der Waals surface area contributed by atoms with Crippen LogP contribution >= 0.6 is 0 Å². The lowest BCUT2D eigenvalue weighted by atomic mass is 9.91. The number of nitrogens with one attached hydrogen (secondary N) is 3. The molecule has 2 amide bonds. The second-order valence-corrected chi connectivity index (χ2v) is 11.0. The zero-order valence-electron chi connectivity index (χ0n) is 23.8. The smallest absolute Gasteiger partial charge is 0.256 e. The van der Waals surface area contributed by atoms with Crippen LogP contribution in [0.3, 0.4) is 0 Å². The van der Waals surface area contributed by atoms with Crippen molar-refractivity contribution in [3.63, 3.8) is 0 Å². The molecule has 0 aliphatic heterocycles. The van der Waals surface area contributed by atoms with E-state index in [1.165, 1.54) is 0 Å². The Labute approximate surface area is 245 Å². The van der Waals surface area contributed by atoms with Crippen molar-refractivity contribution < 1.29 is 9.59 Å². The van der Waals surface area contributed by atoms with Gasteiger partial charge < -0.3 is 20.9 Å². The first-order valence-electron chi connectivity index (χ1n) is 14.4. The minimum absolute atomic E-state index is 0.0274. The molecule has 0 radical (unpaired) electrons. The van der Waals surface area contributed by atoms with Crippen LogP contribution in [-0.4, -0.2) is 48.0 Å². The van der Waals surface area contributed by atoms with E-state index in [0.717, 1.165) is 53.2 Å². The fourth-order valence-electron chi connectivity index (χ4n) is 5.70. The maximum atomic E-state index is 13.4. The minimum atomic E-state index is -0.308. The number of anilines is 3. The number of carbonyl (C=O) groups is 2. The molecule has 1 fully saturated rings. The lowest BCUT2D eigenvalue weighted by molar-refractivity contribution is 0.0916. The van der Waals surface area contributed by atoms with Crippen molar-refractivity contribution in [1.29, 1.82) is 0 Å². The normalized spacial score (nSPS) is 16.6. The Hall–Kier alpha value is -4.98. The topological polar surface area (TPSA) is 99.3 Å². The van der Waals surface area contributed by atoms with Crippen LogP contribution in [0.4, 0.5) is 17.5 Å². The molecule has 0 saturated heterocycles. The minimum Gasteiger partial charge on any atom is -0.362 e. The number of nitrogens with zero attached hydrogens (tertiary/aromatic N) is 3. The van der Waals surface area contributed by atoms with E-state index in [1.54, 1.807) is 24.3 Å². The van der Waals surface area contributed by atoms with Crippen molar-refractivity contribution in [1.82, 2.24) is 15.3 Å². The first-order chi connectivity index (χ1) is 20.5. The predicted octanol–water partition coefficient (Wildman–Crippen LogP) is 6.25. The van der Waals surface area contributed by atoms with E-state index in [4.69, 9.17) is 9.97 Å². The third-order valence-corrected chi connectivity index (χ3v) is 7.86. The van der Waals surface area contributed by atoms with Crippen LogP contribution in [0.15, 0.2) is 91.0 Å². The molecule has 0 spiro atoms. The van der Waals surface area contributed by atoms with Crippen molar-refractivity contribution >= 4 is 50.9 Å². The zero-order valence-corrected chi connectivity index (χ0v) is 23.8. The quantitative estimate of drug-likeness (QED) is 0.218. The second-order valence-electron chi connectivity index (χ2n) is 11.0. The number of benzene rings is 4. The average Bonchev–Trinajstić information content (AvgIpc) is 3.01. The summed E-state index contributed by atoms with van der Waals surface area (Å²) in [5.41, 5.74) is 2.34. The SMILES string of the molecule is CN(C)c1nc(N[C@H]2CC[C@@H](NC(=O)c3ccccc3C(=O)Nc3cccc4ccccc34)CC2)nc2ccccc12. The van der Waals surface area contributed by atoms with Crippen LogP contribution in [0.2, 0.25) is 0 Å². The van der Waals surface area contributed by atoms with Crippen LogP contribution in [-0.2, 0) is 0 Å². The van der Waals surface area contributed by atoms with E-state index in [0.29, 0.717) is 22.8 Å². The monoisotopic (exact) mass is 558 g/mol. The molecule has 0 unspecified atom stereocenters. The fourth-order valence-corrected chi connectivity index (χ4v) is 5.70. The molecule has 3 N–H and O–H groups in total. The molecule has 1 heterocycles. The van der Waals surface area contributed by atoms with Crippen molar-refractivity contribution in [3.05, 3.63) is 102 Å². The van der Waals surface area contributed by atoms with Crippen LogP contribution < -0.4 is 20.9 Å². The molecular weight excluding hydrogens is 524 g/mol. The van der Waals surface area contributed by atoms with Gasteiger partial charge in [-0.3, -0.25) is 9.59 Å².